The maximum atomic E-state index is 12.7. The third-order valence-electron chi connectivity index (χ3n) is 4.83. The maximum Gasteiger partial charge on any atom is 0.252 e. The van der Waals surface area contributed by atoms with Crippen LogP contribution in [0.2, 0.25) is 4.34 Å². The smallest absolute Gasteiger partial charge is 0.252 e. The highest BCUT2D eigenvalue weighted by molar-refractivity contribution is 7.99. The Bertz CT molecular complexity index is 1170. The molecule has 1 amide bonds. The molecule has 1 aliphatic rings. The Morgan fingerprint density at radius 2 is 1.84 bits per heavy atom. The van der Waals surface area contributed by atoms with E-state index in [4.69, 9.17) is 17.4 Å². The van der Waals surface area contributed by atoms with Crippen molar-refractivity contribution in [3.05, 3.63) is 53.0 Å². The number of imidazole rings is 1. The largest absolute Gasteiger partial charge is 0.339 e. The van der Waals surface area contributed by atoms with E-state index in [9.17, 15) is 13.2 Å². The lowest BCUT2D eigenvalue weighted by atomic mass is 10.2. The Labute approximate surface area is 193 Å². The Morgan fingerprint density at radius 3 is 2.48 bits per heavy atom. The van der Waals surface area contributed by atoms with E-state index in [1.54, 1.807) is 17.2 Å². The zero-order chi connectivity index (χ0) is 22.0. The van der Waals surface area contributed by atoms with Crippen LogP contribution in [0.1, 0.15) is 0 Å². The molecule has 8 nitrogen and oxygen atoms in total. The highest BCUT2D eigenvalue weighted by Gasteiger charge is 2.31. The Balaban J connectivity index is 1.32. The number of piperazine rings is 1. The summed E-state index contributed by atoms with van der Waals surface area (Å²) in [6.45, 7) is 1.17. The number of sulfonamides is 1. The van der Waals surface area contributed by atoms with E-state index in [0.717, 1.165) is 22.6 Å². The normalized spacial score (nSPS) is 15.3. The zero-order valence-corrected chi connectivity index (χ0v) is 19.6. The molecule has 1 aromatic carbocycles. The van der Waals surface area contributed by atoms with Gasteiger partial charge < -0.3 is 10.7 Å². The third kappa shape index (κ3) is 4.90. The molecule has 3 aromatic rings. The van der Waals surface area contributed by atoms with Gasteiger partial charge in [-0.25, -0.2) is 18.1 Å². The number of nitrogens with zero attached hydrogens (tertiary/aromatic N) is 4. The number of benzene rings is 1. The lowest BCUT2D eigenvalue weighted by molar-refractivity contribution is -0.129. The molecule has 0 spiro atoms. The van der Waals surface area contributed by atoms with E-state index < -0.39 is 10.0 Å². The van der Waals surface area contributed by atoms with Gasteiger partial charge in [0.2, 0.25) is 5.91 Å². The van der Waals surface area contributed by atoms with Crippen LogP contribution in [0, 0.1) is 0 Å². The van der Waals surface area contributed by atoms with E-state index in [1.807, 2.05) is 30.3 Å². The summed E-state index contributed by atoms with van der Waals surface area (Å²) in [4.78, 5) is 18.8. The summed E-state index contributed by atoms with van der Waals surface area (Å²) in [7, 11) is -3.58. The van der Waals surface area contributed by atoms with Gasteiger partial charge in [0.25, 0.3) is 10.0 Å². The van der Waals surface area contributed by atoms with E-state index in [0.29, 0.717) is 22.6 Å². The van der Waals surface area contributed by atoms with Crippen molar-refractivity contribution in [3.8, 4) is 11.3 Å². The second kappa shape index (κ2) is 9.21. The summed E-state index contributed by atoms with van der Waals surface area (Å²) in [5, 5.41) is 0.544. The highest BCUT2D eigenvalue weighted by atomic mass is 35.5. The summed E-state index contributed by atoms with van der Waals surface area (Å²) < 4.78 is 28.8. The van der Waals surface area contributed by atoms with Crippen LogP contribution in [0.5, 0.6) is 0 Å². The number of thiophene rings is 1. The van der Waals surface area contributed by atoms with Crippen molar-refractivity contribution < 1.29 is 13.2 Å². The van der Waals surface area contributed by atoms with E-state index in [2.05, 4.69) is 4.98 Å². The summed E-state index contributed by atoms with van der Waals surface area (Å²) in [6.07, 6.45) is 1.72. The first-order chi connectivity index (χ1) is 14.8. The first-order valence-electron chi connectivity index (χ1n) is 9.40. The molecule has 1 saturated heterocycles. The van der Waals surface area contributed by atoms with Gasteiger partial charge in [-0.3, -0.25) is 4.79 Å². The molecule has 2 aromatic heterocycles. The molecule has 1 fully saturated rings. The minimum atomic E-state index is -3.58. The number of rotatable bonds is 6. The molecule has 0 radical (unpaired) electrons. The monoisotopic (exact) mass is 497 g/mol. The van der Waals surface area contributed by atoms with Gasteiger partial charge in [-0.05, 0) is 12.1 Å². The fraction of sp³-hybridized carbons (Fsp3) is 0.263. The Hall–Kier alpha value is -2.05. The number of hydrogen-bond donors (Lipinski definition) is 1. The van der Waals surface area contributed by atoms with Crippen LogP contribution in [-0.2, 0) is 14.8 Å². The van der Waals surface area contributed by atoms with Gasteiger partial charge in [-0.1, -0.05) is 53.7 Å². The first kappa shape index (κ1) is 22.2. The van der Waals surface area contributed by atoms with E-state index >= 15 is 0 Å². The van der Waals surface area contributed by atoms with Gasteiger partial charge in [-0.15, -0.1) is 11.3 Å². The van der Waals surface area contributed by atoms with Crippen LogP contribution in [0.25, 0.3) is 11.3 Å². The number of hydrogen-bond acceptors (Lipinski definition) is 7. The standard InChI is InChI=1S/C19H20ClN5O3S3/c20-16-6-7-18(30-16)31(27,28)24-10-8-23(9-11-24)17(26)13-29-19-22-15(12-25(19)21)14-4-2-1-3-5-14/h1-7,12H,8-11,13,21H2. The number of nitrogens with two attached hydrogens (primary N) is 1. The number of amides is 1. The minimum Gasteiger partial charge on any atom is -0.339 e. The molecular formula is C19H20ClN5O3S3. The van der Waals surface area contributed by atoms with Gasteiger partial charge >= 0.3 is 0 Å². The molecule has 0 atom stereocenters. The third-order valence-corrected chi connectivity index (χ3v) is 9.38. The molecule has 31 heavy (non-hydrogen) atoms. The molecule has 12 heteroatoms. The predicted molar refractivity (Wildman–Crippen MR) is 123 cm³/mol. The fourth-order valence-electron chi connectivity index (χ4n) is 3.19. The van der Waals surface area contributed by atoms with Crippen molar-refractivity contribution in [3.63, 3.8) is 0 Å². The van der Waals surface area contributed by atoms with Crippen molar-refractivity contribution in [2.45, 2.75) is 9.37 Å². The van der Waals surface area contributed by atoms with Crippen LogP contribution >= 0.6 is 34.7 Å². The van der Waals surface area contributed by atoms with Crippen molar-refractivity contribution >= 4 is 50.6 Å². The van der Waals surface area contributed by atoms with Gasteiger partial charge in [0.05, 0.1) is 22.0 Å². The topological polar surface area (TPSA) is 102 Å². The molecule has 0 saturated carbocycles. The van der Waals surface area contributed by atoms with Crippen LogP contribution < -0.4 is 5.84 Å². The summed E-state index contributed by atoms with van der Waals surface area (Å²) in [6, 6.07) is 12.7. The lowest BCUT2D eigenvalue weighted by Crippen LogP contribution is -2.50. The van der Waals surface area contributed by atoms with E-state index in [1.165, 1.54) is 26.8 Å². The minimum absolute atomic E-state index is 0.0783. The van der Waals surface area contributed by atoms with Crippen LogP contribution in [0.4, 0.5) is 0 Å². The summed E-state index contributed by atoms with van der Waals surface area (Å²) in [5.41, 5.74) is 1.69. The molecule has 0 aliphatic carbocycles. The van der Waals surface area contributed by atoms with E-state index in [-0.39, 0.29) is 29.0 Å². The quantitative estimate of drug-likeness (QED) is 0.415. The summed E-state index contributed by atoms with van der Waals surface area (Å²) >= 11 is 8.16. The second-order valence-corrected chi connectivity index (χ2v) is 11.6. The Morgan fingerprint density at radius 1 is 1.13 bits per heavy atom. The Kier molecular flexibility index (Phi) is 6.58. The van der Waals surface area contributed by atoms with Crippen LogP contribution in [0.3, 0.4) is 0 Å². The van der Waals surface area contributed by atoms with Crippen LogP contribution in [0.15, 0.2) is 58.0 Å². The molecule has 164 valence electrons. The molecule has 0 bridgehead atoms. The SMILES string of the molecule is Nn1cc(-c2ccccc2)nc1SCC(=O)N1CCN(S(=O)(=O)c2ccc(Cl)s2)CC1. The molecule has 1 aliphatic heterocycles. The number of carbonyl (C=O) groups is 1. The molecule has 3 heterocycles. The van der Waals surface area contributed by atoms with Crippen molar-refractivity contribution in [1.82, 2.24) is 18.9 Å². The molecule has 0 unspecified atom stereocenters. The number of thioether (sulfide) groups is 1. The van der Waals surface area contributed by atoms with Gasteiger partial charge in [0.15, 0.2) is 5.16 Å². The van der Waals surface area contributed by atoms with Crippen molar-refractivity contribution in [2.24, 2.45) is 0 Å². The highest BCUT2D eigenvalue weighted by Crippen LogP contribution is 2.29. The second-order valence-electron chi connectivity index (χ2n) is 6.81. The molecule has 4 rings (SSSR count). The van der Waals surface area contributed by atoms with Crippen molar-refractivity contribution in [2.75, 3.05) is 37.8 Å². The fourth-order valence-corrected chi connectivity index (χ4v) is 7.05. The molecular weight excluding hydrogens is 478 g/mol. The van der Waals surface area contributed by atoms with Crippen LogP contribution in [-0.4, -0.2) is 65.1 Å². The summed E-state index contributed by atoms with van der Waals surface area (Å²) in [5.74, 6) is 6.09. The zero-order valence-electron chi connectivity index (χ0n) is 16.3. The number of aromatic nitrogens is 2. The molecule has 2 N–H and O–H groups in total. The predicted octanol–water partition coefficient (Wildman–Crippen LogP) is 2.60. The number of nitrogen functional groups attached to an aromatic ring is 1. The maximum absolute atomic E-state index is 12.7. The average molecular weight is 498 g/mol. The van der Waals surface area contributed by atoms with Gasteiger partial charge in [0, 0.05) is 31.7 Å². The number of halogens is 1. The average Bonchev–Trinajstić information content (AvgIpc) is 3.39. The number of carbonyl (C=O) groups excluding carboxylic acids is 1. The lowest BCUT2D eigenvalue weighted by Gasteiger charge is -2.33. The van der Waals surface area contributed by atoms with Gasteiger partial charge in [-0.2, -0.15) is 4.31 Å². The van der Waals surface area contributed by atoms with Gasteiger partial charge in [0.1, 0.15) is 4.21 Å². The first-order valence-corrected chi connectivity index (χ1v) is 13.0. The van der Waals surface area contributed by atoms with Crippen molar-refractivity contribution in [1.29, 1.82) is 0 Å².